The highest BCUT2D eigenvalue weighted by atomic mass is 35.5. The summed E-state index contributed by atoms with van der Waals surface area (Å²) >= 11 is 0. The predicted molar refractivity (Wildman–Crippen MR) is 97.7 cm³/mol. The molecule has 1 aromatic carbocycles. The molecular formula is C18H28ClN3O. The molecule has 0 radical (unpaired) electrons. The number of halogens is 1. The summed E-state index contributed by atoms with van der Waals surface area (Å²) in [7, 11) is 0. The molecule has 2 unspecified atom stereocenters. The Morgan fingerprint density at radius 2 is 2.04 bits per heavy atom. The molecule has 0 bridgehead atoms. The van der Waals surface area contributed by atoms with Crippen molar-refractivity contribution in [2.45, 2.75) is 58.6 Å². The van der Waals surface area contributed by atoms with Crippen LogP contribution in [0.15, 0.2) is 18.3 Å². The Hall–Kier alpha value is -1.26. The Balaban J connectivity index is 0.00000192. The Bertz CT molecular complexity index is 624. The molecule has 128 valence electrons. The summed E-state index contributed by atoms with van der Waals surface area (Å²) in [5.74, 6) is 1.01. The molecule has 1 aliphatic rings. The molecule has 1 N–H and O–H groups in total. The maximum atomic E-state index is 6.36. The van der Waals surface area contributed by atoms with Gasteiger partial charge in [-0.2, -0.15) is 5.10 Å². The lowest BCUT2D eigenvalue weighted by atomic mass is 9.91. The first-order valence-electron chi connectivity index (χ1n) is 8.56. The van der Waals surface area contributed by atoms with Crippen molar-refractivity contribution in [2.24, 2.45) is 0 Å². The van der Waals surface area contributed by atoms with E-state index in [2.05, 4.69) is 48.0 Å². The van der Waals surface area contributed by atoms with E-state index in [4.69, 9.17) is 4.74 Å². The largest absolute Gasteiger partial charge is 0.490 e. The van der Waals surface area contributed by atoms with Gasteiger partial charge >= 0.3 is 0 Å². The van der Waals surface area contributed by atoms with Crippen LogP contribution < -0.4 is 4.74 Å². The molecule has 1 aromatic heterocycles. The monoisotopic (exact) mass is 337 g/mol. The highest BCUT2D eigenvalue weighted by molar-refractivity contribution is 5.85. The zero-order chi connectivity index (χ0) is 15.5. The molecule has 3 rings (SSSR count). The molecule has 0 saturated heterocycles. The number of aromatic nitrogens is 2. The lowest BCUT2D eigenvalue weighted by Crippen LogP contribution is -2.41. The fourth-order valence-corrected chi connectivity index (χ4v) is 3.74. The van der Waals surface area contributed by atoms with E-state index in [0.29, 0.717) is 12.1 Å². The summed E-state index contributed by atoms with van der Waals surface area (Å²) in [4.78, 5) is 2.57. The van der Waals surface area contributed by atoms with Gasteiger partial charge in [0.25, 0.3) is 0 Å². The number of aryl methyl sites for hydroxylation is 1. The maximum absolute atomic E-state index is 6.36. The first-order valence-corrected chi connectivity index (χ1v) is 8.56. The number of ether oxygens (including phenoxy) is 1. The highest BCUT2D eigenvalue weighted by Crippen LogP contribution is 2.31. The Morgan fingerprint density at radius 1 is 1.26 bits per heavy atom. The van der Waals surface area contributed by atoms with Gasteiger partial charge in [-0.05, 0) is 57.8 Å². The van der Waals surface area contributed by atoms with Crippen molar-refractivity contribution in [3.8, 4) is 5.75 Å². The summed E-state index contributed by atoms with van der Waals surface area (Å²) in [5, 5.41) is 8.30. The van der Waals surface area contributed by atoms with Gasteiger partial charge in [-0.3, -0.25) is 5.10 Å². The van der Waals surface area contributed by atoms with Gasteiger partial charge in [0.05, 0.1) is 11.7 Å². The number of nitrogens with one attached hydrogen (secondary N) is 1. The zero-order valence-corrected chi connectivity index (χ0v) is 15.2. The number of nitrogens with zero attached hydrogens (tertiary/aromatic N) is 2. The third kappa shape index (κ3) is 3.81. The minimum Gasteiger partial charge on any atom is -0.490 e. The van der Waals surface area contributed by atoms with Gasteiger partial charge in [0.2, 0.25) is 0 Å². The predicted octanol–water partition coefficient (Wildman–Crippen LogP) is 4.32. The molecule has 0 amide bonds. The molecule has 2 aromatic rings. The minimum absolute atomic E-state index is 0. The number of H-pyrrole nitrogens is 1. The molecule has 4 nitrogen and oxygen atoms in total. The minimum atomic E-state index is 0. The van der Waals surface area contributed by atoms with E-state index >= 15 is 0 Å². The second-order valence-electron chi connectivity index (χ2n) is 6.30. The normalized spacial score (nSPS) is 21.4. The highest BCUT2D eigenvalue weighted by Gasteiger charge is 2.26. The van der Waals surface area contributed by atoms with Crippen LogP contribution in [-0.4, -0.2) is 40.3 Å². The number of benzene rings is 1. The first-order chi connectivity index (χ1) is 10.7. The van der Waals surface area contributed by atoms with E-state index in [0.717, 1.165) is 36.2 Å². The second kappa shape index (κ2) is 8.02. The van der Waals surface area contributed by atoms with Gasteiger partial charge in [0.1, 0.15) is 11.9 Å². The fraction of sp³-hybridized carbons (Fsp3) is 0.611. The van der Waals surface area contributed by atoms with Crippen molar-refractivity contribution < 1.29 is 4.74 Å². The van der Waals surface area contributed by atoms with Gasteiger partial charge in [0, 0.05) is 17.0 Å². The van der Waals surface area contributed by atoms with Crippen LogP contribution in [0.25, 0.3) is 10.9 Å². The van der Waals surface area contributed by atoms with Crippen molar-refractivity contribution in [3.63, 3.8) is 0 Å². The van der Waals surface area contributed by atoms with E-state index in [-0.39, 0.29) is 12.4 Å². The van der Waals surface area contributed by atoms with Crippen molar-refractivity contribution in [3.05, 3.63) is 23.9 Å². The molecule has 1 heterocycles. The van der Waals surface area contributed by atoms with Gasteiger partial charge < -0.3 is 9.64 Å². The van der Waals surface area contributed by atoms with E-state index in [1.54, 1.807) is 0 Å². The smallest absolute Gasteiger partial charge is 0.123 e. The average Bonchev–Trinajstić information content (AvgIpc) is 3.01. The van der Waals surface area contributed by atoms with Crippen LogP contribution in [0.4, 0.5) is 0 Å². The summed E-state index contributed by atoms with van der Waals surface area (Å²) in [6, 6.07) is 4.82. The number of hydrogen-bond acceptors (Lipinski definition) is 3. The third-order valence-corrected chi connectivity index (χ3v) is 5.06. The Kier molecular flexibility index (Phi) is 6.31. The molecule has 2 atom stereocenters. The lowest BCUT2D eigenvalue weighted by molar-refractivity contribution is 0.0814. The molecule has 1 fully saturated rings. The number of rotatable bonds is 5. The fourth-order valence-electron chi connectivity index (χ4n) is 3.74. The molecule has 23 heavy (non-hydrogen) atoms. The number of hydrogen-bond donors (Lipinski definition) is 1. The molecule has 1 aliphatic carbocycles. The van der Waals surface area contributed by atoms with E-state index in [1.807, 2.05) is 6.20 Å². The molecule has 0 aliphatic heterocycles. The van der Waals surface area contributed by atoms with E-state index < -0.39 is 0 Å². The van der Waals surface area contributed by atoms with Crippen molar-refractivity contribution in [1.29, 1.82) is 0 Å². The van der Waals surface area contributed by atoms with Crippen molar-refractivity contribution >= 4 is 23.3 Å². The lowest BCUT2D eigenvalue weighted by Gasteiger charge is -2.36. The Labute approximate surface area is 145 Å². The summed E-state index contributed by atoms with van der Waals surface area (Å²) in [6.45, 7) is 8.90. The SMILES string of the molecule is CCN(CC)C1CCCC(Oc2ccc3[nH]ncc3c2C)C1.Cl. The van der Waals surface area contributed by atoms with Crippen molar-refractivity contribution in [1.82, 2.24) is 15.1 Å². The van der Waals surface area contributed by atoms with Gasteiger partial charge in [-0.25, -0.2) is 0 Å². The van der Waals surface area contributed by atoms with Crippen LogP contribution in [0, 0.1) is 6.92 Å². The number of fused-ring (bicyclic) bond motifs is 1. The van der Waals surface area contributed by atoms with Gasteiger partial charge in [-0.1, -0.05) is 13.8 Å². The molecule has 0 spiro atoms. The number of aromatic amines is 1. The summed E-state index contributed by atoms with van der Waals surface area (Å²) in [6.07, 6.45) is 7.10. The summed E-state index contributed by atoms with van der Waals surface area (Å²) in [5.41, 5.74) is 2.27. The standard InChI is InChI=1S/C18H27N3O.ClH/c1-4-21(5-2)14-7-6-8-15(11-14)22-18-10-9-17-16(13(18)3)12-19-20-17;/h9-10,12,14-15H,4-8,11H2,1-3H3,(H,19,20);1H. The zero-order valence-electron chi connectivity index (χ0n) is 14.3. The van der Waals surface area contributed by atoms with Crippen LogP contribution in [0.5, 0.6) is 5.75 Å². The maximum Gasteiger partial charge on any atom is 0.123 e. The second-order valence-corrected chi connectivity index (χ2v) is 6.30. The molecular weight excluding hydrogens is 310 g/mol. The van der Waals surface area contributed by atoms with E-state index in [9.17, 15) is 0 Å². The topological polar surface area (TPSA) is 41.1 Å². The Morgan fingerprint density at radius 3 is 2.78 bits per heavy atom. The first kappa shape index (κ1) is 18.1. The van der Waals surface area contributed by atoms with Gasteiger partial charge in [-0.15, -0.1) is 12.4 Å². The molecule has 5 heteroatoms. The summed E-state index contributed by atoms with van der Waals surface area (Å²) < 4.78 is 6.36. The van der Waals surface area contributed by atoms with Crippen LogP contribution in [0.1, 0.15) is 45.1 Å². The average molecular weight is 338 g/mol. The van der Waals surface area contributed by atoms with Crippen molar-refractivity contribution in [2.75, 3.05) is 13.1 Å². The quantitative estimate of drug-likeness (QED) is 0.883. The van der Waals surface area contributed by atoms with E-state index in [1.165, 1.54) is 24.8 Å². The molecule has 1 saturated carbocycles. The third-order valence-electron chi connectivity index (χ3n) is 5.06. The van der Waals surface area contributed by atoms with Crippen LogP contribution >= 0.6 is 12.4 Å². The van der Waals surface area contributed by atoms with Crippen LogP contribution in [0.3, 0.4) is 0 Å². The van der Waals surface area contributed by atoms with Crippen LogP contribution in [0.2, 0.25) is 0 Å². The van der Waals surface area contributed by atoms with Gasteiger partial charge in [0.15, 0.2) is 0 Å². The van der Waals surface area contributed by atoms with Crippen LogP contribution in [-0.2, 0) is 0 Å².